The lowest BCUT2D eigenvalue weighted by Gasteiger charge is -2.22. The van der Waals surface area contributed by atoms with Gasteiger partial charge in [-0.2, -0.15) is 23.5 Å². The van der Waals surface area contributed by atoms with Crippen LogP contribution in [0.1, 0.15) is 5.82 Å². The lowest BCUT2D eigenvalue weighted by Crippen LogP contribution is -2.21. The molecule has 0 bridgehead atoms. The summed E-state index contributed by atoms with van der Waals surface area (Å²) in [5.41, 5.74) is 1.68. The molecule has 3 rings (SSSR count). The van der Waals surface area contributed by atoms with E-state index in [4.69, 9.17) is 11.6 Å². The van der Waals surface area contributed by atoms with Gasteiger partial charge in [0.15, 0.2) is 0 Å². The van der Waals surface area contributed by atoms with E-state index in [-0.39, 0.29) is 5.82 Å². The van der Waals surface area contributed by atoms with Crippen molar-refractivity contribution in [2.75, 3.05) is 17.3 Å². The average Bonchev–Trinajstić information content (AvgIpc) is 2.78. The fourth-order valence-corrected chi connectivity index (χ4v) is 5.15. The number of hydrogen-bond acceptors (Lipinski definition) is 3. The van der Waals surface area contributed by atoms with Crippen LogP contribution >= 0.6 is 35.1 Å². The first-order chi connectivity index (χ1) is 9.28. The Balaban J connectivity index is 1.97. The standard InChI is InChI=1S/C13H14ClFN2S2/c14-6-13-16-11-2-1-9(15)5-12(11)17(13)7-10-8-18-3-4-19-10/h1-2,5,10H,3-4,6-8H2. The van der Waals surface area contributed by atoms with Crippen molar-refractivity contribution in [1.29, 1.82) is 0 Å². The van der Waals surface area contributed by atoms with Gasteiger partial charge in [-0.1, -0.05) is 0 Å². The third kappa shape index (κ3) is 2.88. The quantitative estimate of drug-likeness (QED) is 0.803. The van der Waals surface area contributed by atoms with E-state index in [1.807, 2.05) is 23.5 Å². The highest BCUT2D eigenvalue weighted by molar-refractivity contribution is 8.06. The van der Waals surface area contributed by atoms with Crippen LogP contribution in [0.3, 0.4) is 0 Å². The van der Waals surface area contributed by atoms with Crippen LogP contribution in [0.5, 0.6) is 0 Å². The number of nitrogens with zero attached hydrogens (tertiary/aromatic N) is 2. The van der Waals surface area contributed by atoms with Crippen molar-refractivity contribution in [3.05, 3.63) is 29.8 Å². The number of aromatic nitrogens is 2. The van der Waals surface area contributed by atoms with Gasteiger partial charge in [0.2, 0.25) is 0 Å². The molecular weight excluding hydrogens is 303 g/mol. The largest absolute Gasteiger partial charge is 0.326 e. The molecule has 1 aliphatic heterocycles. The molecule has 0 aliphatic carbocycles. The number of thioether (sulfide) groups is 2. The maximum absolute atomic E-state index is 13.4. The zero-order chi connectivity index (χ0) is 13.2. The van der Waals surface area contributed by atoms with Gasteiger partial charge in [-0.05, 0) is 18.2 Å². The fourth-order valence-electron chi connectivity index (χ4n) is 2.30. The Bertz CT molecular complexity index is 581. The van der Waals surface area contributed by atoms with Crippen LogP contribution in [0.15, 0.2) is 18.2 Å². The minimum Gasteiger partial charge on any atom is -0.326 e. The Morgan fingerprint density at radius 1 is 1.42 bits per heavy atom. The van der Waals surface area contributed by atoms with Crippen LogP contribution in [-0.2, 0) is 12.4 Å². The zero-order valence-corrected chi connectivity index (χ0v) is 12.7. The van der Waals surface area contributed by atoms with E-state index in [0.717, 1.165) is 29.2 Å². The Hall–Kier alpha value is -0.390. The Morgan fingerprint density at radius 3 is 3.05 bits per heavy atom. The van der Waals surface area contributed by atoms with Crippen LogP contribution in [0.4, 0.5) is 4.39 Å². The summed E-state index contributed by atoms with van der Waals surface area (Å²) in [7, 11) is 0. The van der Waals surface area contributed by atoms with Gasteiger partial charge in [0.05, 0.1) is 16.9 Å². The summed E-state index contributed by atoms with van der Waals surface area (Å²) < 4.78 is 15.5. The van der Waals surface area contributed by atoms with Gasteiger partial charge in [0.25, 0.3) is 0 Å². The van der Waals surface area contributed by atoms with Gasteiger partial charge in [0.1, 0.15) is 11.6 Å². The highest BCUT2D eigenvalue weighted by Gasteiger charge is 2.18. The lowest BCUT2D eigenvalue weighted by molar-refractivity contribution is 0.626. The SMILES string of the molecule is Fc1ccc2nc(CCl)n(CC3CSCCS3)c2c1. The number of benzene rings is 1. The van der Waals surface area contributed by atoms with E-state index in [1.165, 1.54) is 17.6 Å². The van der Waals surface area contributed by atoms with Gasteiger partial charge >= 0.3 is 0 Å². The van der Waals surface area contributed by atoms with Gasteiger partial charge in [-0.15, -0.1) is 11.6 Å². The molecule has 1 unspecified atom stereocenters. The first kappa shape index (κ1) is 13.6. The molecule has 2 nitrogen and oxygen atoms in total. The minimum absolute atomic E-state index is 0.222. The van der Waals surface area contributed by atoms with Crippen molar-refractivity contribution in [2.45, 2.75) is 17.7 Å². The number of fused-ring (bicyclic) bond motifs is 1. The molecule has 0 N–H and O–H groups in total. The van der Waals surface area contributed by atoms with Crippen LogP contribution in [0, 0.1) is 5.82 Å². The van der Waals surface area contributed by atoms with E-state index in [2.05, 4.69) is 9.55 Å². The van der Waals surface area contributed by atoms with Crippen molar-refractivity contribution in [3.8, 4) is 0 Å². The maximum Gasteiger partial charge on any atom is 0.125 e. The normalized spacial score (nSPS) is 20.0. The second-order valence-corrected chi connectivity index (χ2v) is 7.30. The topological polar surface area (TPSA) is 17.8 Å². The summed E-state index contributed by atoms with van der Waals surface area (Å²) in [6, 6.07) is 4.72. The van der Waals surface area contributed by atoms with Crippen molar-refractivity contribution in [2.24, 2.45) is 0 Å². The Morgan fingerprint density at radius 2 is 2.32 bits per heavy atom. The molecule has 2 heterocycles. The monoisotopic (exact) mass is 316 g/mol. The summed E-state index contributed by atoms with van der Waals surface area (Å²) >= 11 is 9.94. The van der Waals surface area contributed by atoms with Crippen LogP contribution in [-0.4, -0.2) is 32.1 Å². The molecule has 19 heavy (non-hydrogen) atoms. The van der Waals surface area contributed by atoms with Crippen molar-refractivity contribution in [1.82, 2.24) is 9.55 Å². The number of hydrogen-bond donors (Lipinski definition) is 0. The number of alkyl halides is 1. The van der Waals surface area contributed by atoms with Crippen LogP contribution < -0.4 is 0 Å². The smallest absolute Gasteiger partial charge is 0.125 e. The predicted octanol–water partition coefficient (Wildman–Crippen LogP) is 3.76. The van der Waals surface area contributed by atoms with E-state index in [1.54, 1.807) is 12.1 Å². The zero-order valence-electron chi connectivity index (χ0n) is 10.3. The molecule has 1 fully saturated rings. The third-order valence-corrected chi connectivity index (χ3v) is 6.25. The Kier molecular flexibility index (Phi) is 4.24. The molecule has 1 saturated heterocycles. The van der Waals surface area contributed by atoms with Crippen LogP contribution in [0.25, 0.3) is 11.0 Å². The molecule has 0 spiro atoms. The molecule has 1 aliphatic rings. The van der Waals surface area contributed by atoms with Gasteiger partial charge < -0.3 is 4.57 Å². The minimum atomic E-state index is -0.222. The van der Waals surface area contributed by atoms with E-state index < -0.39 is 0 Å². The number of rotatable bonds is 3. The molecule has 0 amide bonds. The van der Waals surface area contributed by atoms with Crippen molar-refractivity contribution >= 4 is 46.2 Å². The second-order valence-electron chi connectivity index (χ2n) is 4.47. The summed E-state index contributed by atoms with van der Waals surface area (Å²) in [4.78, 5) is 4.49. The lowest BCUT2D eigenvalue weighted by atomic mass is 10.3. The first-order valence-corrected chi connectivity index (χ1v) is 8.91. The number of halogens is 2. The predicted molar refractivity (Wildman–Crippen MR) is 82.8 cm³/mol. The van der Waals surface area contributed by atoms with E-state index in [0.29, 0.717) is 11.1 Å². The second kappa shape index (κ2) is 5.94. The molecule has 2 aromatic rings. The maximum atomic E-state index is 13.4. The van der Waals surface area contributed by atoms with Gasteiger partial charge in [-0.25, -0.2) is 9.37 Å². The molecule has 102 valence electrons. The van der Waals surface area contributed by atoms with E-state index >= 15 is 0 Å². The van der Waals surface area contributed by atoms with Crippen molar-refractivity contribution in [3.63, 3.8) is 0 Å². The molecular formula is C13H14ClFN2S2. The highest BCUT2D eigenvalue weighted by atomic mass is 35.5. The highest BCUT2D eigenvalue weighted by Crippen LogP contribution is 2.28. The first-order valence-electron chi connectivity index (χ1n) is 6.18. The third-order valence-electron chi connectivity index (χ3n) is 3.18. The summed E-state index contributed by atoms with van der Waals surface area (Å²) in [6.07, 6.45) is 0. The molecule has 1 atom stereocenters. The summed E-state index contributed by atoms with van der Waals surface area (Å²) in [6.45, 7) is 0.861. The summed E-state index contributed by atoms with van der Waals surface area (Å²) in [5.74, 6) is 4.52. The van der Waals surface area contributed by atoms with E-state index in [9.17, 15) is 4.39 Å². The van der Waals surface area contributed by atoms with Crippen LogP contribution in [0.2, 0.25) is 0 Å². The molecule has 0 radical (unpaired) electrons. The van der Waals surface area contributed by atoms with Gasteiger partial charge in [0, 0.05) is 29.1 Å². The summed E-state index contributed by atoms with van der Waals surface area (Å²) in [5, 5.41) is 0.557. The molecule has 0 saturated carbocycles. The van der Waals surface area contributed by atoms with Gasteiger partial charge in [-0.3, -0.25) is 0 Å². The molecule has 1 aromatic carbocycles. The molecule has 6 heteroatoms. The molecule has 1 aromatic heterocycles. The number of imidazole rings is 1. The average molecular weight is 317 g/mol. The fraction of sp³-hybridized carbons (Fsp3) is 0.462. The Labute approximate surface area is 125 Å². The van der Waals surface area contributed by atoms with Crippen molar-refractivity contribution < 1.29 is 4.39 Å².